The lowest BCUT2D eigenvalue weighted by Gasteiger charge is -2.20. The molecule has 5 nitrogen and oxygen atoms in total. The first-order chi connectivity index (χ1) is 9.22. The molecule has 1 saturated heterocycles. The molecule has 1 aliphatic carbocycles. The van der Waals surface area contributed by atoms with E-state index in [1.165, 1.54) is 12.8 Å². The monoisotopic (exact) mass is 269 g/mol. The van der Waals surface area contributed by atoms with Gasteiger partial charge in [0, 0.05) is 25.2 Å². The van der Waals surface area contributed by atoms with Gasteiger partial charge < -0.3 is 20.3 Å². The van der Waals surface area contributed by atoms with Crippen LogP contribution in [0.1, 0.15) is 26.2 Å². The van der Waals surface area contributed by atoms with E-state index >= 15 is 0 Å². The Morgan fingerprint density at radius 3 is 2.79 bits per heavy atom. The topological polar surface area (TPSA) is 53.6 Å². The fourth-order valence-electron chi connectivity index (χ4n) is 2.53. The number of carbonyl (C=O) groups is 1. The maximum absolute atomic E-state index is 12.1. The summed E-state index contributed by atoms with van der Waals surface area (Å²) in [7, 11) is 2.13. The highest BCUT2D eigenvalue weighted by atomic mass is 16.5. The maximum atomic E-state index is 12.1. The summed E-state index contributed by atoms with van der Waals surface area (Å²) < 4.78 is 5.43. The molecule has 5 heteroatoms. The summed E-state index contributed by atoms with van der Waals surface area (Å²) in [5.74, 6) is 0.105. The molecule has 2 aliphatic rings. The molecule has 2 unspecified atom stereocenters. The van der Waals surface area contributed by atoms with Crippen LogP contribution in [0, 0.1) is 5.92 Å². The fraction of sp³-hybridized carbons (Fsp3) is 0.929. The van der Waals surface area contributed by atoms with Crippen molar-refractivity contribution in [3.63, 3.8) is 0 Å². The van der Waals surface area contributed by atoms with E-state index in [1.807, 2.05) is 0 Å². The van der Waals surface area contributed by atoms with E-state index in [-0.39, 0.29) is 17.9 Å². The summed E-state index contributed by atoms with van der Waals surface area (Å²) in [6.07, 6.45) is 3.70. The van der Waals surface area contributed by atoms with E-state index in [4.69, 9.17) is 4.74 Å². The van der Waals surface area contributed by atoms with Gasteiger partial charge in [-0.25, -0.2) is 0 Å². The predicted molar refractivity (Wildman–Crippen MR) is 75.1 cm³/mol. The Morgan fingerprint density at radius 1 is 1.32 bits per heavy atom. The lowest BCUT2D eigenvalue weighted by atomic mass is 10.0. The Labute approximate surface area is 116 Å². The van der Waals surface area contributed by atoms with Crippen molar-refractivity contribution in [3.05, 3.63) is 0 Å². The van der Waals surface area contributed by atoms with E-state index in [2.05, 4.69) is 29.5 Å². The molecule has 1 heterocycles. The second-order valence-electron chi connectivity index (χ2n) is 5.71. The lowest BCUT2D eigenvalue weighted by Crippen LogP contribution is -2.45. The molecule has 1 amide bonds. The van der Waals surface area contributed by atoms with Crippen molar-refractivity contribution in [2.45, 2.75) is 38.3 Å². The smallest absolute Gasteiger partial charge is 0.227 e. The molecule has 0 aromatic rings. The number of amides is 1. The van der Waals surface area contributed by atoms with Crippen LogP contribution in [0.3, 0.4) is 0 Å². The lowest BCUT2D eigenvalue weighted by molar-refractivity contribution is -0.125. The zero-order valence-corrected chi connectivity index (χ0v) is 12.2. The summed E-state index contributed by atoms with van der Waals surface area (Å²) in [4.78, 5) is 14.5. The Hall–Kier alpha value is -0.650. The minimum atomic E-state index is -0.0298. The average Bonchev–Trinajstić information content (AvgIpc) is 3.15. The van der Waals surface area contributed by atoms with Gasteiger partial charge in [-0.1, -0.05) is 6.92 Å². The second kappa shape index (κ2) is 7.22. The molecule has 0 spiro atoms. The Morgan fingerprint density at radius 2 is 2.11 bits per heavy atom. The van der Waals surface area contributed by atoms with Crippen LogP contribution in [-0.2, 0) is 9.53 Å². The molecular weight excluding hydrogens is 242 g/mol. The first kappa shape index (κ1) is 14.8. The molecule has 19 heavy (non-hydrogen) atoms. The van der Waals surface area contributed by atoms with Crippen LogP contribution in [-0.4, -0.2) is 62.8 Å². The summed E-state index contributed by atoms with van der Waals surface area (Å²) in [5, 5.41) is 6.44. The van der Waals surface area contributed by atoms with Crippen molar-refractivity contribution >= 4 is 5.91 Å². The van der Waals surface area contributed by atoms with Crippen LogP contribution in [0.2, 0.25) is 0 Å². The number of likely N-dealkylation sites (N-methyl/N-ethyl adjacent to an activating group) is 1. The number of rotatable bonds is 8. The van der Waals surface area contributed by atoms with Gasteiger partial charge >= 0.3 is 0 Å². The highest BCUT2D eigenvalue weighted by molar-refractivity contribution is 5.79. The van der Waals surface area contributed by atoms with Gasteiger partial charge in [-0.3, -0.25) is 4.79 Å². The minimum absolute atomic E-state index is 0.0298. The minimum Gasteiger partial charge on any atom is -0.379 e. The van der Waals surface area contributed by atoms with Crippen LogP contribution in [0.25, 0.3) is 0 Å². The van der Waals surface area contributed by atoms with Crippen LogP contribution < -0.4 is 10.6 Å². The molecular formula is C14H27N3O2. The van der Waals surface area contributed by atoms with E-state index < -0.39 is 0 Å². The molecule has 1 aliphatic heterocycles. The Bertz CT molecular complexity index is 294. The SMILES string of the molecule is CCCNC1COCC1C(=O)NCCN(C)C1CC1. The molecule has 1 saturated carbocycles. The number of nitrogens with one attached hydrogen (secondary N) is 2. The Balaban J connectivity index is 1.66. The molecule has 2 atom stereocenters. The van der Waals surface area contributed by atoms with E-state index in [0.717, 1.165) is 32.1 Å². The predicted octanol–water partition coefficient (Wildman–Crippen LogP) is 0.211. The van der Waals surface area contributed by atoms with Gasteiger partial charge in [0.05, 0.1) is 19.1 Å². The summed E-state index contributed by atoms with van der Waals surface area (Å²) in [6.45, 7) is 5.96. The number of hydrogen-bond donors (Lipinski definition) is 2. The van der Waals surface area contributed by atoms with Crippen LogP contribution in [0.15, 0.2) is 0 Å². The normalized spacial score (nSPS) is 26.9. The standard InChI is InChI=1S/C14H27N3O2/c1-3-6-15-13-10-19-9-12(13)14(18)16-7-8-17(2)11-4-5-11/h11-13,15H,3-10H2,1-2H3,(H,16,18). The zero-order chi connectivity index (χ0) is 13.7. The number of hydrogen-bond acceptors (Lipinski definition) is 4. The third-order valence-electron chi connectivity index (χ3n) is 4.01. The zero-order valence-electron chi connectivity index (χ0n) is 12.2. The van der Waals surface area contributed by atoms with Crippen molar-refractivity contribution in [3.8, 4) is 0 Å². The van der Waals surface area contributed by atoms with Crippen LogP contribution in [0.5, 0.6) is 0 Å². The number of nitrogens with zero attached hydrogens (tertiary/aromatic N) is 1. The quantitative estimate of drug-likeness (QED) is 0.661. The second-order valence-corrected chi connectivity index (χ2v) is 5.71. The van der Waals surface area contributed by atoms with Gasteiger partial charge in [0.25, 0.3) is 0 Å². The fourth-order valence-corrected chi connectivity index (χ4v) is 2.53. The highest BCUT2D eigenvalue weighted by Gasteiger charge is 2.33. The van der Waals surface area contributed by atoms with Gasteiger partial charge in [-0.2, -0.15) is 0 Å². The van der Waals surface area contributed by atoms with Gasteiger partial charge in [0.15, 0.2) is 0 Å². The molecule has 0 radical (unpaired) electrons. The maximum Gasteiger partial charge on any atom is 0.227 e. The molecule has 2 N–H and O–H groups in total. The Kier molecular flexibility index (Phi) is 5.60. The van der Waals surface area contributed by atoms with Crippen LogP contribution in [0.4, 0.5) is 0 Å². The summed E-state index contributed by atoms with van der Waals surface area (Å²) >= 11 is 0. The molecule has 0 aromatic carbocycles. The number of ether oxygens (including phenoxy) is 1. The van der Waals surface area contributed by atoms with Gasteiger partial charge in [0.1, 0.15) is 0 Å². The first-order valence-electron chi connectivity index (χ1n) is 7.51. The van der Waals surface area contributed by atoms with Gasteiger partial charge in [0.2, 0.25) is 5.91 Å². The largest absolute Gasteiger partial charge is 0.379 e. The van der Waals surface area contributed by atoms with Crippen LogP contribution >= 0.6 is 0 Å². The first-order valence-corrected chi connectivity index (χ1v) is 7.51. The molecule has 110 valence electrons. The third kappa shape index (κ3) is 4.44. The van der Waals surface area contributed by atoms with E-state index in [9.17, 15) is 4.79 Å². The van der Waals surface area contributed by atoms with Gasteiger partial charge in [-0.05, 0) is 32.9 Å². The summed E-state index contributed by atoms with van der Waals surface area (Å²) in [5.41, 5.74) is 0. The summed E-state index contributed by atoms with van der Waals surface area (Å²) in [6, 6.07) is 0.937. The van der Waals surface area contributed by atoms with E-state index in [1.54, 1.807) is 0 Å². The molecule has 2 fully saturated rings. The highest BCUT2D eigenvalue weighted by Crippen LogP contribution is 2.24. The van der Waals surface area contributed by atoms with Crippen molar-refractivity contribution in [1.82, 2.24) is 15.5 Å². The third-order valence-corrected chi connectivity index (χ3v) is 4.01. The average molecular weight is 269 g/mol. The van der Waals surface area contributed by atoms with Crippen molar-refractivity contribution in [2.75, 3.05) is 39.9 Å². The van der Waals surface area contributed by atoms with Crippen molar-refractivity contribution in [2.24, 2.45) is 5.92 Å². The van der Waals surface area contributed by atoms with Gasteiger partial charge in [-0.15, -0.1) is 0 Å². The molecule has 0 bridgehead atoms. The van der Waals surface area contributed by atoms with Crippen molar-refractivity contribution in [1.29, 1.82) is 0 Å². The van der Waals surface area contributed by atoms with Crippen molar-refractivity contribution < 1.29 is 9.53 Å². The molecule has 0 aromatic heterocycles. The number of carbonyl (C=O) groups excluding carboxylic acids is 1. The molecule has 2 rings (SSSR count). The van der Waals surface area contributed by atoms with E-state index in [0.29, 0.717) is 13.2 Å².